The number of nitrogens with one attached hydrogen (secondary N) is 1. The summed E-state index contributed by atoms with van der Waals surface area (Å²) in [5.41, 5.74) is 1.18. The Balaban J connectivity index is 1.89. The van der Waals surface area contributed by atoms with Gasteiger partial charge in [0.1, 0.15) is 0 Å². The van der Waals surface area contributed by atoms with Crippen molar-refractivity contribution in [1.29, 1.82) is 0 Å². The molecule has 0 radical (unpaired) electrons. The summed E-state index contributed by atoms with van der Waals surface area (Å²) in [5, 5.41) is 12.3. The molecule has 1 fully saturated rings. The minimum absolute atomic E-state index is 0.0225. The van der Waals surface area contributed by atoms with Crippen molar-refractivity contribution in [2.24, 2.45) is 0 Å². The van der Waals surface area contributed by atoms with E-state index in [1.807, 2.05) is 25.1 Å². The maximum absolute atomic E-state index is 12.2. The Kier molecular flexibility index (Phi) is 5.43. The highest BCUT2D eigenvalue weighted by molar-refractivity contribution is 9.10. The largest absolute Gasteiger partial charge is 0.394 e. The molecule has 1 aromatic rings. The molecule has 2 rings (SSSR count). The predicted octanol–water partition coefficient (Wildman–Crippen LogP) is 2.55. The summed E-state index contributed by atoms with van der Waals surface area (Å²) in [6.45, 7) is 2.78. The van der Waals surface area contributed by atoms with E-state index in [2.05, 4.69) is 27.3 Å². The van der Waals surface area contributed by atoms with Crippen molar-refractivity contribution in [2.45, 2.75) is 38.3 Å². The van der Waals surface area contributed by atoms with Crippen LogP contribution in [0.5, 0.6) is 0 Å². The fourth-order valence-electron chi connectivity index (χ4n) is 2.63. The van der Waals surface area contributed by atoms with Gasteiger partial charge < -0.3 is 15.3 Å². The summed E-state index contributed by atoms with van der Waals surface area (Å²) in [5.74, 6) is 0. The maximum atomic E-state index is 12.2. The second-order valence-electron chi connectivity index (χ2n) is 5.32. The zero-order valence-corrected chi connectivity index (χ0v) is 13.3. The van der Waals surface area contributed by atoms with Gasteiger partial charge in [-0.2, -0.15) is 0 Å². The summed E-state index contributed by atoms with van der Waals surface area (Å²) in [4.78, 5) is 13.9. The summed E-state index contributed by atoms with van der Waals surface area (Å²) in [6, 6.07) is 8.00. The number of hydrogen-bond donors (Lipinski definition) is 2. The number of amides is 2. The number of benzene rings is 1. The molecule has 2 atom stereocenters. The molecule has 4 nitrogen and oxygen atoms in total. The molecule has 0 saturated carbocycles. The molecular weight excluding hydrogens is 320 g/mol. The van der Waals surface area contributed by atoms with E-state index in [9.17, 15) is 9.90 Å². The molecule has 20 heavy (non-hydrogen) atoms. The topological polar surface area (TPSA) is 52.6 Å². The lowest BCUT2D eigenvalue weighted by Crippen LogP contribution is -2.47. The second-order valence-corrected chi connectivity index (χ2v) is 6.17. The van der Waals surface area contributed by atoms with Gasteiger partial charge >= 0.3 is 6.03 Å². The Morgan fingerprint density at radius 1 is 1.55 bits per heavy atom. The van der Waals surface area contributed by atoms with Crippen molar-refractivity contribution in [3.05, 3.63) is 34.3 Å². The molecule has 110 valence electrons. The van der Waals surface area contributed by atoms with Crippen LogP contribution in [0.25, 0.3) is 0 Å². The van der Waals surface area contributed by atoms with E-state index in [-0.39, 0.29) is 24.7 Å². The molecule has 5 heteroatoms. The lowest BCUT2D eigenvalue weighted by Gasteiger charge is -2.25. The van der Waals surface area contributed by atoms with E-state index in [0.717, 1.165) is 30.3 Å². The first kappa shape index (κ1) is 15.3. The molecule has 1 heterocycles. The zero-order valence-electron chi connectivity index (χ0n) is 11.7. The first-order valence-electron chi connectivity index (χ1n) is 7.03. The summed E-state index contributed by atoms with van der Waals surface area (Å²) >= 11 is 3.52. The fourth-order valence-corrected chi connectivity index (χ4v) is 3.08. The highest BCUT2D eigenvalue weighted by Crippen LogP contribution is 2.19. The van der Waals surface area contributed by atoms with Crippen molar-refractivity contribution in [2.75, 3.05) is 13.2 Å². The molecule has 2 amide bonds. The monoisotopic (exact) mass is 340 g/mol. The smallest absolute Gasteiger partial charge is 0.317 e. The van der Waals surface area contributed by atoms with Crippen LogP contribution in [0.2, 0.25) is 0 Å². The van der Waals surface area contributed by atoms with Gasteiger partial charge in [-0.25, -0.2) is 4.79 Å². The molecule has 1 aliphatic rings. The number of hydrogen-bond acceptors (Lipinski definition) is 2. The maximum Gasteiger partial charge on any atom is 0.317 e. The third kappa shape index (κ3) is 3.73. The standard InChI is InChI=1S/C15H21BrN2O2/c1-11(9-12-5-2-3-7-14(12)16)17-15(20)18-8-4-6-13(18)10-19/h2-3,5,7,11,13,19H,4,6,8-10H2,1H3,(H,17,20)/t11-,13-/m0/s1. The lowest BCUT2D eigenvalue weighted by molar-refractivity contribution is 0.155. The first-order valence-corrected chi connectivity index (χ1v) is 7.82. The van der Waals surface area contributed by atoms with Gasteiger partial charge in [0.2, 0.25) is 0 Å². The van der Waals surface area contributed by atoms with Crippen LogP contribution in [0.15, 0.2) is 28.7 Å². The third-order valence-corrected chi connectivity index (χ3v) is 4.48. The minimum Gasteiger partial charge on any atom is -0.394 e. The number of carbonyl (C=O) groups is 1. The van der Waals surface area contributed by atoms with Gasteiger partial charge in [0, 0.05) is 17.1 Å². The van der Waals surface area contributed by atoms with Gasteiger partial charge in [-0.3, -0.25) is 0 Å². The number of aliphatic hydroxyl groups excluding tert-OH is 1. The Morgan fingerprint density at radius 2 is 2.30 bits per heavy atom. The Morgan fingerprint density at radius 3 is 3.00 bits per heavy atom. The van der Waals surface area contributed by atoms with E-state index in [4.69, 9.17) is 0 Å². The highest BCUT2D eigenvalue weighted by atomic mass is 79.9. The Bertz CT molecular complexity index is 467. The molecule has 1 saturated heterocycles. The number of rotatable bonds is 4. The second kappa shape index (κ2) is 7.09. The van der Waals surface area contributed by atoms with Gasteiger partial charge in [0.15, 0.2) is 0 Å². The molecule has 1 aliphatic heterocycles. The Labute approximate surface area is 128 Å². The van der Waals surface area contributed by atoms with E-state index in [0.29, 0.717) is 0 Å². The van der Waals surface area contributed by atoms with Crippen molar-refractivity contribution >= 4 is 22.0 Å². The van der Waals surface area contributed by atoms with Crippen LogP contribution in [-0.2, 0) is 6.42 Å². The molecule has 0 spiro atoms. The Hall–Kier alpha value is -1.07. The van der Waals surface area contributed by atoms with Crippen LogP contribution in [0.4, 0.5) is 4.79 Å². The quantitative estimate of drug-likeness (QED) is 0.884. The molecule has 0 unspecified atom stereocenters. The molecule has 0 bridgehead atoms. The number of carbonyl (C=O) groups excluding carboxylic acids is 1. The van der Waals surface area contributed by atoms with E-state index >= 15 is 0 Å². The first-order chi connectivity index (χ1) is 9.61. The van der Waals surface area contributed by atoms with Crippen LogP contribution in [0.1, 0.15) is 25.3 Å². The summed E-state index contributed by atoms with van der Waals surface area (Å²) < 4.78 is 1.07. The molecule has 2 N–H and O–H groups in total. The van der Waals surface area contributed by atoms with Crippen LogP contribution in [0.3, 0.4) is 0 Å². The minimum atomic E-state index is -0.0684. The van der Waals surface area contributed by atoms with Crippen LogP contribution in [0, 0.1) is 0 Å². The van der Waals surface area contributed by atoms with Gasteiger partial charge in [-0.15, -0.1) is 0 Å². The number of nitrogens with zero attached hydrogens (tertiary/aromatic N) is 1. The highest BCUT2D eigenvalue weighted by Gasteiger charge is 2.28. The molecular formula is C15H21BrN2O2. The summed E-state index contributed by atoms with van der Waals surface area (Å²) in [6.07, 6.45) is 2.64. The van der Waals surface area contributed by atoms with Crippen LogP contribution < -0.4 is 5.32 Å². The average molecular weight is 341 g/mol. The van der Waals surface area contributed by atoms with Gasteiger partial charge in [-0.05, 0) is 37.8 Å². The van der Waals surface area contributed by atoms with Crippen molar-refractivity contribution < 1.29 is 9.90 Å². The number of aliphatic hydroxyl groups is 1. The lowest BCUT2D eigenvalue weighted by atomic mass is 10.1. The summed E-state index contributed by atoms with van der Waals surface area (Å²) in [7, 11) is 0. The van der Waals surface area contributed by atoms with E-state index in [1.54, 1.807) is 4.90 Å². The fraction of sp³-hybridized carbons (Fsp3) is 0.533. The normalized spacial score (nSPS) is 19.9. The van der Waals surface area contributed by atoms with Crippen molar-refractivity contribution in [3.8, 4) is 0 Å². The van der Waals surface area contributed by atoms with Gasteiger partial charge in [0.25, 0.3) is 0 Å². The zero-order chi connectivity index (χ0) is 14.5. The number of urea groups is 1. The average Bonchev–Trinajstić information content (AvgIpc) is 2.89. The molecule has 1 aromatic carbocycles. The van der Waals surface area contributed by atoms with Crippen LogP contribution in [-0.4, -0.2) is 41.3 Å². The van der Waals surface area contributed by atoms with Crippen molar-refractivity contribution in [1.82, 2.24) is 10.2 Å². The van der Waals surface area contributed by atoms with E-state index < -0.39 is 0 Å². The van der Waals surface area contributed by atoms with Gasteiger partial charge in [-0.1, -0.05) is 34.1 Å². The molecule has 0 aromatic heterocycles. The van der Waals surface area contributed by atoms with E-state index in [1.165, 1.54) is 5.56 Å². The predicted molar refractivity (Wildman–Crippen MR) is 82.7 cm³/mol. The van der Waals surface area contributed by atoms with Crippen molar-refractivity contribution in [3.63, 3.8) is 0 Å². The van der Waals surface area contributed by atoms with Gasteiger partial charge in [0.05, 0.1) is 12.6 Å². The molecule has 0 aliphatic carbocycles. The third-order valence-electron chi connectivity index (χ3n) is 3.70. The van der Waals surface area contributed by atoms with Crippen LogP contribution >= 0.6 is 15.9 Å². The number of likely N-dealkylation sites (tertiary alicyclic amines) is 1. The SMILES string of the molecule is C[C@@H](Cc1ccccc1Br)NC(=O)N1CCC[C@H]1CO. The number of halogens is 1.